The van der Waals surface area contributed by atoms with Crippen LogP contribution in [0.1, 0.15) is 44.1 Å². The van der Waals surface area contributed by atoms with Gasteiger partial charge in [0.2, 0.25) is 10.0 Å². The molecule has 0 radical (unpaired) electrons. The molecule has 1 N–H and O–H groups in total. The van der Waals surface area contributed by atoms with Crippen LogP contribution < -0.4 is 5.32 Å². The highest BCUT2D eigenvalue weighted by Crippen LogP contribution is 2.24. The zero-order chi connectivity index (χ0) is 14.8. The lowest BCUT2D eigenvalue weighted by atomic mass is 10.3. The number of hydrogen-bond donors (Lipinski definition) is 1. The molecule has 6 heteroatoms. The summed E-state index contributed by atoms with van der Waals surface area (Å²) < 4.78 is 31.9. The second kappa shape index (κ2) is 6.28. The molecule has 1 aromatic rings. The Kier molecular flexibility index (Phi) is 4.88. The van der Waals surface area contributed by atoms with Gasteiger partial charge < -0.3 is 9.73 Å². The van der Waals surface area contributed by atoms with Gasteiger partial charge in [0.25, 0.3) is 0 Å². The quantitative estimate of drug-likeness (QED) is 0.800. The van der Waals surface area contributed by atoms with E-state index in [4.69, 9.17) is 4.42 Å². The van der Waals surface area contributed by atoms with Crippen molar-refractivity contribution in [3.8, 4) is 0 Å². The first-order valence-electron chi connectivity index (χ1n) is 7.24. The van der Waals surface area contributed by atoms with Gasteiger partial charge in [0.1, 0.15) is 16.4 Å². The number of nitrogens with one attached hydrogen (secondary N) is 1. The van der Waals surface area contributed by atoms with Gasteiger partial charge in [-0.05, 0) is 26.2 Å². The van der Waals surface area contributed by atoms with Crippen molar-refractivity contribution in [3.05, 3.63) is 17.6 Å². The van der Waals surface area contributed by atoms with Crippen LogP contribution in [0.15, 0.2) is 15.4 Å². The molecular weight excluding hydrogens is 276 g/mol. The molecule has 114 valence electrons. The van der Waals surface area contributed by atoms with Crippen molar-refractivity contribution in [1.82, 2.24) is 9.62 Å². The van der Waals surface area contributed by atoms with Gasteiger partial charge in [0.15, 0.2) is 0 Å². The molecule has 0 bridgehead atoms. The lowest BCUT2D eigenvalue weighted by molar-refractivity contribution is 0.445. The van der Waals surface area contributed by atoms with E-state index in [-0.39, 0.29) is 0 Å². The third kappa shape index (κ3) is 3.62. The summed E-state index contributed by atoms with van der Waals surface area (Å²) in [6.45, 7) is 4.89. The number of furan rings is 1. The van der Waals surface area contributed by atoms with Crippen LogP contribution in [0, 0.1) is 6.92 Å². The summed E-state index contributed by atoms with van der Waals surface area (Å²) in [5, 5.41) is 3.33. The van der Waals surface area contributed by atoms with Crippen LogP contribution in [-0.2, 0) is 16.6 Å². The molecule has 20 heavy (non-hydrogen) atoms. The third-order valence-corrected chi connectivity index (χ3v) is 5.54. The number of sulfonamides is 1. The van der Waals surface area contributed by atoms with E-state index in [1.54, 1.807) is 20.0 Å². The fraction of sp³-hybridized carbons (Fsp3) is 0.714. The molecule has 5 nitrogen and oxygen atoms in total. The van der Waals surface area contributed by atoms with E-state index in [0.29, 0.717) is 35.5 Å². The van der Waals surface area contributed by atoms with Crippen molar-refractivity contribution < 1.29 is 12.8 Å². The maximum atomic E-state index is 12.5. The first kappa shape index (κ1) is 15.5. The molecule has 0 aromatic carbocycles. The molecule has 0 saturated heterocycles. The minimum Gasteiger partial charge on any atom is -0.464 e. The summed E-state index contributed by atoms with van der Waals surface area (Å²) >= 11 is 0. The smallest absolute Gasteiger partial charge is 0.246 e. The first-order valence-corrected chi connectivity index (χ1v) is 8.68. The summed E-state index contributed by atoms with van der Waals surface area (Å²) in [5.41, 5.74) is 0. The molecule has 1 fully saturated rings. The average Bonchev–Trinajstić information content (AvgIpc) is 3.15. The number of rotatable bonds is 8. The van der Waals surface area contributed by atoms with E-state index in [1.165, 1.54) is 17.1 Å². The highest BCUT2D eigenvalue weighted by atomic mass is 32.2. The van der Waals surface area contributed by atoms with Gasteiger partial charge in [-0.3, -0.25) is 0 Å². The average molecular weight is 300 g/mol. The fourth-order valence-electron chi connectivity index (χ4n) is 2.07. The summed E-state index contributed by atoms with van der Waals surface area (Å²) in [7, 11) is -1.81. The van der Waals surface area contributed by atoms with Crippen LogP contribution in [0.4, 0.5) is 0 Å². The largest absolute Gasteiger partial charge is 0.464 e. The summed E-state index contributed by atoms with van der Waals surface area (Å²) in [6, 6.07) is 2.23. The zero-order valence-corrected chi connectivity index (χ0v) is 13.3. The van der Waals surface area contributed by atoms with Gasteiger partial charge in [-0.2, -0.15) is 0 Å². The van der Waals surface area contributed by atoms with Crippen molar-refractivity contribution in [1.29, 1.82) is 0 Å². The standard InChI is InChI=1S/C14H24N2O3S/c1-4-5-8-16(3)20(17,18)14-9-13(19-11(14)2)10-15-12-6-7-12/h9,12,15H,4-8,10H2,1-3H3. The molecule has 1 aliphatic rings. The molecule has 0 spiro atoms. The van der Waals surface area contributed by atoms with Crippen molar-refractivity contribution in [2.75, 3.05) is 13.6 Å². The maximum absolute atomic E-state index is 12.5. The molecule has 0 atom stereocenters. The highest BCUT2D eigenvalue weighted by molar-refractivity contribution is 7.89. The maximum Gasteiger partial charge on any atom is 0.246 e. The van der Waals surface area contributed by atoms with Crippen LogP contribution in [0.25, 0.3) is 0 Å². The Balaban J connectivity index is 2.09. The SMILES string of the molecule is CCCCN(C)S(=O)(=O)c1cc(CNC2CC2)oc1C. The summed E-state index contributed by atoms with van der Waals surface area (Å²) in [6.07, 6.45) is 4.23. The minimum atomic E-state index is -3.43. The molecule has 1 saturated carbocycles. The number of unbranched alkanes of at least 4 members (excludes halogenated alkanes) is 1. The van der Waals surface area contributed by atoms with Gasteiger partial charge in [-0.25, -0.2) is 12.7 Å². The van der Waals surface area contributed by atoms with Crippen molar-refractivity contribution in [3.63, 3.8) is 0 Å². The van der Waals surface area contributed by atoms with Gasteiger partial charge in [-0.15, -0.1) is 0 Å². The highest BCUT2D eigenvalue weighted by Gasteiger charge is 2.26. The molecule has 0 amide bonds. The Morgan fingerprint density at radius 3 is 2.75 bits per heavy atom. The lowest BCUT2D eigenvalue weighted by Gasteiger charge is -2.15. The van der Waals surface area contributed by atoms with E-state index >= 15 is 0 Å². The lowest BCUT2D eigenvalue weighted by Crippen LogP contribution is -2.28. The van der Waals surface area contributed by atoms with E-state index in [1.807, 2.05) is 6.92 Å². The Hall–Kier alpha value is -0.850. The van der Waals surface area contributed by atoms with Crippen LogP contribution in [0.3, 0.4) is 0 Å². The van der Waals surface area contributed by atoms with E-state index in [9.17, 15) is 8.42 Å². The van der Waals surface area contributed by atoms with Crippen LogP contribution in [0.5, 0.6) is 0 Å². The monoisotopic (exact) mass is 300 g/mol. The van der Waals surface area contributed by atoms with Gasteiger partial charge in [0.05, 0.1) is 6.54 Å². The van der Waals surface area contributed by atoms with Crippen molar-refractivity contribution >= 4 is 10.0 Å². The minimum absolute atomic E-state index is 0.295. The predicted octanol–water partition coefficient (Wildman–Crippen LogP) is 2.26. The first-order chi connectivity index (χ1) is 9.45. The normalized spacial score (nSPS) is 16.0. The van der Waals surface area contributed by atoms with Gasteiger partial charge in [0, 0.05) is 25.7 Å². The Morgan fingerprint density at radius 2 is 2.15 bits per heavy atom. The van der Waals surface area contributed by atoms with Crippen LogP contribution >= 0.6 is 0 Å². The third-order valence-electron chi connectivity index (χ3n) is 3.58. The molecular formula is C14H24N2O3S. The number of aryl methyl sites for hydroxylation is 1. The molecule has 1 aliphatic carbocycles. The summed E-state index contributed by atoms with van der Waals surface area (Å²) in [5.74, 6) is 1.16. The van der Waals surface area contributed by atoms with Crippen molar-refractivity contribution in [2.45, 2.75) is 57.0 Å². The Morgan fingerprint density at radius 1 is 1.45 bits per heavy atom. The Labute approximate surface area is 121 Å². The molecule has 1 aromatic heterocycles. The Bertz CT molecular complexity index is 547. The zero-order valence-electron chi connectivity index (χ0n) is 12.5. The fourth-order valence-corrected chi connectivity index (χ4v) is 3.46. The molecule has 0 unspecified atom stereocenters. The molecule has 2 rings (SSSR count). The topological polar surface area (TPSA) is 62.6 Å². The van der Waals surface area contributed by atoms with E-state index < -0.39 is 10.0 Å². The number of hydrogen-bond acceptors (Lipinski definition) is 4. The van der Waals surface area contributed by atoms with Gasteiger partial charge >= 0.3 is 0 Å². The van der Waals surface area contributed by atoms with Crippen molar-refractivity contribution in [2.24, 2.45) is 0 Å². The van der Waals surface area contributed by atoms with E-state index in [2.05, 4.69) is 5.32 Å². The predicted molar refractivity (Wildman–Crippen MR) is 78.0 cm³/mol. The van der Waals surface area contributed by atoms with Gasteiger partial charge in [-0.1, -0.05) is 13.3 Å². The van der Waals surface area contributed by atoms with Crippen LogP contribution in [-0.4, -0.2) is 32.4 Å². The van der Waals surface area contributed by atoms with Crippen LogP contribution in [0.2, 0.25) is 0 Å². The second-order valence-electron chi connectivity index (χ2n) is 5.47. The second-order valence-corrected chi connectivity index (χ2v) is 7.48. The molecule has 1 heterocycles. The number of nitrogens with zero attached hydrogens (tertiary/aromatic N) is 1. The summed E-state index contributed by atoms with van der Waals surface area (Å²) in [4.78, 5) is 0.295. The molecule has 0 aliphatic heterocycles. The van der Waals surface area contributed by atoms with E-state index in [0.717, 1.165) is 12.8 Å².